The highest BCUT2D eigenvalue weighted by Crippen LogP contribution is 2.18. The van der Waals surface area contributed by atoms with Crippen LogP contribution in [0.1, 0.15) is 297 Å². The molecule has 3 N–H and O–H groups in total. The summed E-state index contributed by atoms with van der Waals surface area (Å²) < 4.78 is 5.92. The Balaban J connectivity index is 4.38. The monoisotopic (exact) mass is 848 g/mol. The van der Waals surface area contributed by atoms with E-state index in [2.05, 4.69) is 38.2 Å². The molecule has 356 valence electrons. The quantitative estimate of drug-likeness (QED) is 0.0322. The Morgan fingerprint density at radius 1 is 0.467 bits per heavy atom. The number of hydrogen-bond acceptors (Lipinski definition) is 5. The largest absolute Gasteiger partial charge is 0.462 e. The molecule has 0 aliphatic rings. The van der Waals surface area contributed by atoms with Crippen LogP contribution in [-0.4, -0.2) is 46.9 Å². The topological polar surface area (TPSA) is 95.9 Å². The van der Waals surface area contributed by atoms with E-state index in [4.69, 9.17) is 4.74 Å². The first-order valence-electron chi connectivity index (χ1n) is 26.9. The molecule has 3 unspecified atom stereocenters. The molecule has 6 nitrogen and oxygen atoms in total. The van der Waals surface area contributed by atoms with Gasteiger partial charge in [0.05, 0.1) is 25.2 Å². The van der Waals surface area contributed by atoms with E-state index in [0.29, 0.717) is 19.3 Å². The standard InChI is InChI=1S/C54H105NO5/c1-4-7-10-13-16-19-21-23-25-26-28-29-31-34-37-40-43-46-52(57)51(49-56)55-53(58)48-50(45-42-39-36-33-18-15-12-9-6-3)60-54(59)47-44-41-38-35-32-30-27-24-22-20-17-14-11-8-5-2/h20,22,50-52,56-57H,4-19,21,23-49H2,1-3H3,(H,55,58)/b22-20-. The number of amides is 1. The summed E-state index contributed by atoms with van der Waals surface area (Å²) in [7, 11) is 0. The molecule has 0 fully saturated rings. The average molecular weight is 848 g/mol. The van der Waals surface area contributed by atoms with E-state index in [-0.39, 0.29) is 24.9 Å². The number of unbranched alkanes of at least 4 members (excludes halogenated alkanes) is 35. The van der Waals surface area contributed by atoms with Crippen molar-refractivity contribution in [3.63, 3.8) is 0 Å². The second kappa shape index (κ2) is 48.6. The first kappa shape index (κ1) is 58.6. The van der Waals surface area contributed by atoms with Crippen molar-refractivity contribution < 1.29 is 24.5 Å². The van der Waals surface area contributed by atoms with E-state index in [0.717, 1.165) is 44.9 Å². The van der Waals surface area contributed by atoms with Gasteiger partial charge < -0.3 is 20.3 Å². The van der Waals surface area contributed by atoms with Crippen LogP contribution in [0.4, 0.5) is 0 Å². The van der Waals surface area contributed by atoms with Crippen LogP contribution in [0.3, 0.4) is 0 Å². The fourth-order valence-electron chi connectivity index (χ4n) is 8.49. The Kier molecular flexibility index (Phi) is 47.5. The molecule has 0 saturated heterocycles. The third kappa shape index (κ3) is 43.3. The third-order valence-corrected chi connectivity index (χ3v) is 12.6. The molecule has 0 aliphatic carbocycles. The molecule has 60 heavy (non-hydrogen) atoms. The fourth-order valence-corrected chi connectivity index (χ4v) is 8.49. The molecular formula is C54H105NO5. The van der Waals surface area contributed by atoms with Crippen LogP contribution in [0, 0.1) is 0 Å². The maximum absolute atomic E-state index is 13.2. The fraction of sp³-hybridized carbons (Fsp3) is 0.926. The number of nitrogens with one attached hydrogen (secondary N) is 1. The zero-order valence-corrected chi connectivity index (χ0v) is 40.6. The maximum atomic E-state index is 13.2. The number of aliphatic hydroxyl groups excluding tert-OH is 2. The highest BCUT2D eigenvalue weighted by Gasteiger charge is 2.24. The van der Waals surface area contributed by atoms with E-state index in [9.17, 15) is 19.8 Å². The minimum absolute atomic E-state index is 0.0825. The van der Waals surface area contributed by atoms with Crippen LogP contribution >= 0.6 is 0 Å². The predicted octanol–water partition coefficient (Wildman–Crippen LogP) is 16.1. The van der Waals surface area contributed by atoms with E-state index >= 15 is 0 Å². The summed E-state index contributed by atoms with van der Waals surface area (Å²) in [6.07, 6.45) is 54.2. The highest BCUT2D eigenvalue weighted by atomic mass is 16.5. The van der Waals surface area contributed by atoms with Crippen LogP contribution in [-0.2, 0) is 14.3 Å². The zero-order chi connectivity index (χ0) is 43.8. The SMILES string of the molecule is CCCCCC/C=C\CCCCCCCCCC(=O)OC(CCCCCCCCCCC)CC(=O)NC(CO)C(O)CCCCCCCCCCCCCCCCCCC. The Morgan fingerprint density at radius 3 is 1.20 bits per heavy atom. The summed E-state index contributed by atoms with van der Waals surface area (Å²) in [6.45, 7) is 6.49. The van der Waals surface area contributed by atoms with E-state index < -0.39 is 18.2 Å². The number of hydrogen-bond donors (Lipinski definition) is 3. The number of ether oxygens (including phenoxy) is 1. The second-order valence-electron chi connectivity index (χ2n) is 18.6. The molecule has 0 saturated carbocycles. The van der Waals surface area contributed by atoms with Crippen molar-refractivity contribution in [1.82, 2.24) is 5.32 Å². The van der Waals surface area contributed by atoms with Crippen molar-refractivity contribution in [2.45, 2.75) is 315 Å². The lowest BCUT2D eigenvalue weighted by molar-refractivity contribution is -0.151. The van der Waals surface area contributed by atoms with E-state index in [1.54, 1.807) is 0 Å². The Bertz CT molecular complexity index is 909. The average Bonchev–Trinajstić information content (AvgIpc) is 3.24. The predicted molar refractivity (Wildman–Crippen MR) is 260 cm³/mol. The summed E-state index contributed by atoms with van der Waals surface area (Å²) >= 11 is 0. The smallest absolute Gasteiger partial charge is 0.306 e. The van der Waals surface area contributed by atoms with Crippen molar-refractivity contribution in [2.75, 3.05) is 6.61 Å². The molecule has 0 aromatic rings. The van der Waals surface area contributed by atoms with Gasteiger partial charge in [-0.3, -0.25) is 9.59 Å². The van der Waals surface area contributed by atoms with Gasteiger partial charge in [0.1, 0.15) is 6.10 Å². The number of carbonyl (C=O) groups excluding carboxylic acids is 2. The molecule has 0 rings (SSSR count). The molecule has 0 heterocycles. The summed E-state index contributed by atoms with van der Waals surface area (Å²) in [5.41, 5.74) is 0. The number of aliphatic hydroxyl groups is 2. The molecule has 3 atom stereocenters. The summed E-state index contributed by atoms with van der Waals surface area (Å²) in [5.74, 6) is -0.463. The van der Waals surface area contributed by atoms with Crippen LogP contribution in [0.15, 0.2) is 12.2 Å². The minimum atomic E-state index is -0.782. The molecule has 0 radical (unpaired) electrons. The molecule has 0 spiro atoms. The first-order valence-corrected chi connectivity index (χ1v) is 26.9. The van der Waals surface area contributed by atoms with Gasteiger partial charge >= 0.3 is 5.97 Å². The highest BCUT2D eigenvalue weighted by molar-refractivity contribution is 5.77. The number of esters is 1. The Morgan fingerprint density at radius 2 is 0.800 bits per heavy atom. The number of allylic oxidation sites excluding steroid dienone is 2. The summed E-state index contributed by atoms with van der Waals surface area (Å²) in [5, 5.41) is 23.8. The van der Waals surface area contributed by atoms with Crippen molar-refractivity contribution >= 4 is 11.9 Å². The van der Waals surface area contributed by atoms with Gasteiger partial charge in [-0.1, -0.05) is 245 Å². The summed E-state index contributed by atoms with van der Waals surface area (Å²) in [4.78, 5) is 26.1. The van der Waals surface area contributed by atoms with Gasteiger partial charge in [-0.15, -0.1) is 0 Å². The van der Waals surface area contributed by atoms with Crippen LogP contribution in [0.5, 0.6) is 0 Å². The molecular weight excluding hydrogens is 743 g/mol. The van der Waals surface area contributed by atoms with Gasteiger partial charge in [-0.05, 0) is 51.4 Å². The lowest BCUT2D eigenvalue weighted by atomic mass is 10.0. The van der Waals surface area contributed by atoms with Gasteiger partial charge in [-0.2, -0.15) is 0 Å². The van der Waals surface area contributed by atoms with Gasteiger partial charge in [0.15, 0.2) is 0 Å². The van der Waals surface area contributed by atoms with Gasteiger partial charge in [-0.25, -0.2) is 0 Å². The molecule has 1 amide bonds. The Labute approximate surface area is 374 Å². The second-order valence-corrected chi connectivity index (χ2v) is 18.6. The van der Waals surface area contributed by atoms with Crippen LogP contribution < -0.4 is 5.32 Å². The van der Waals surface area contributed by atoms with Crippen LogP contribution in [0.25, 0.3) is 0 Å². The normalized spacial score (nSPS) is 13.2. The minimum Gasteiger partial charge on any atom is -0.462 e. The van der Waals surface area contributed by atoms with Crippen molar-refractivity contribution in [3.05, 3.63) is 12.2 Å². The lowest BCUT2D eigenvalue weighted by Gasteiger charge is -2.24. The molecule has 0 bridgehead atoms. The van der Waals surface area contributed by atoms with Crippen molar-refractivity contribution in [3.8, 4) is 0 Å². The summed E-state index contributed by atoms with van der Waals surface area (Å²) in [6, 6.07) is -0.695. The molecule has 6 heteroatoms. The van der Waals surface area contributed by atoms with E-state index in [1.807, 2.05) is 0 Å². The molecule has 0 aromatic heterocycles. The van der Waals surface area contributed by atoms with Crippen molar-refractivity contribution in [1.29, 1.82) is 0 Å². The zero-order valence-electron chi connectivity index (χ0n) is 40.6. The van der Waals surface area contributed by atoms with Crippen molar-refractivity contribution in [2.24, 2.45) is 0 Å². The number of rotatable bonds is 49. The van der Waals surface area contributed by atoms with Gasteiger partial charge in [0, 0.05) is 6.42 Å². The first-order chi connectivity index (χ1) is 29.5. The van der Waals surface area contributed by atoms with Gasteiger partial charge in [0.2, 0.25) is 5.91 Å². The Hall–Kier alpha value is -1.40. The van der Waals surface area contributed by atoms with E-state index in [1.165, 1.54) is 205 Å². The van der Waals surface area contributed by atoms with Gasteiger partial charge in [0.25, 0.3) is 0 Å². The third-order valence-electron chi connectivity index (χ3n) is 12.6. The molecule has 0 aliphatic heterocycles. The lowest BCUT2D eigenvalue weighted by Crippen LogP contribution is -2.46. The maximum Gasteiger partial charge on any atom is 0.306 e. The van der Waals surface area contributed by atoms with Crippen LogP contribution in [0.2, 0.25) is 0 Å². The molecule has 0 aromatic carbocycles. The number of carbonyl (C=O) groups is 2.